The summed E-state index contributed by atoms with van der Waals surface area (Å²) in [7, 11) is -2.49. The number of benzene rings is 6. The fraction of sp³-hybridized carbons (Fsp3) is 0. The molecule has 0 atom stereocenters. The van der Waals surface area contributed by atoms with Gasteiger partial charge in [-0.05, 0) is 61.2 Å². The largest absolute Gasteiger partial charge is 0.456 e. The van der Waals surface area contributed by atoms with E-state index in [0.717, 1.165) is 21.9 Å². The van der Waals surface area contributed by atoms with Crippen LogP contribution in [-0.2, 0) is 0 Å². The number of rotatable bonds is 3. The van der Waals surface area contributed by atoms with Crippen LogP contribution in [0.15, 0.2) is 150 Å². The van der Waals surface area contributed by atoms with Gasteiger partial charge in [-0.15, -0.1) is 0 Å². The number of fused-ring (bicyclic) bond motifs is 6. The highest BCUT2D eigenvalue weighted by Gasteiger charge is 2.48. The van der Waals surface area contributed by atoms with Crippen molar-refractivity contribution in [3.05, 3.63) is 146 Å². The molecule has 0 unspecified atom stereocenters. The topological polar surface area (TPSA) is 13.1 Å². The summed E-state index contributed by atoms with van der Waals surface area (Å²) in [6.45, 7) is 0. The van der Waals surface area contributed by atoms with Gasteiger partial charge in [0.2, 0.25) is 0 Å². The molecule has 1 aromatic heterocycles. The van der Waals surface area contributed by atoms with Gasteiger partial charge < -0.3 is 4.42 Å². The summed E-state index contributed by atoms with van der Waals surface area (Å²) in [5, 5.41) is 8.11. The van der Waals surface area contributed by atoms with Gasteiger partial charge in [0.05, 0.1) is 0 Å². The Balaban J connectivity index is 1.43. The first kappa shape index (κ1) is 21.4. The second kappa shape index (κ2) is 8.17. The Morgan fingerprint density at radius 2 is 0.974 bits per heavy atom. The molecular weight excluding hydrogens is 476 g/mol. The lowest BCUT2D eigenvalue weighted by molar-refractivity contribution is 0.669. The molecule has 7 aromatic rings. The van der Waals surface area contributed by atoms with Crippen molar-refractivity contribution in [3.63, 3.8) is 0 Å². The van der Waals surface area contributed by atoms with Crippen LogP contribution in [0.3, 0.4) is 0 Å². The quantitative estimate of drug-likeness (QED) is 0.249. The minimum Gasteiger partial charge on any atom is -0.456 e. The van der Waals surface area contributed by atoms with Crippen LogP contribution in [0.5, 0.6) is 0 Å². The zero-order valence-corrected chi connectivity index (χ0v) is 21.8. The van der Waals surface area contributed by atoms with Gasteiger partial charge in [-0.1, -0.05) is 127 Å². The van der Waals surface area contributed by atoms with Crippen LogP contribution in [0.25, 0.3) is 44.2 Å². The Hall–Kier alpha value is -4.66. The molecule has 0 saturated heterocycles. The minimum absolute atomic E-state index is 0.931. The number of para-hydroxylation sites is 1. The van der Waals surface area contributed by atoms with E-state index in [0.29, 0.717) is 0 Å². The second-order valence-electron chi connectivity index (χ2n) is 10.1. The molecule has 38 heavy (non-hydrogen) atoms. The Labute approximate surface area is 222 Å². The van der Waals surface area contributed by atoms with Gasteiger partial charge in [-0.2, -0.15) is 0 Å². The fourth-order valence-electron chi connectivity index (χ4n) is 6.53. The highest BCUT2D eigenvalue weighted by atomic mass is 28.3. The van der Waals surface area contributed by atoms with Gasteiger partial charge in [-0.3, -0.25) is 0 Å². The van der Waals surface area contributed by atoms with Crippen molar-refractivity contribution in [1.82, 2.24) is 0 Å². The third-order valence-corrected chi connectivity index (χ3v) is 13.0. The predicted molar refractivity (Wildman–Crippen MR) is 162 cm³/mol. The van der Waals surface area contributed by atoms with E-state index in [-0.39, 0.29) is 0 Å². The molecule has 0 N–H and O–H groups in total. The fourth-order valence-corrected chi connectivity index (χ4v) is 11.7. The number of hydrogen-bond acceptors (Lipinski definition) is 1. The molecule has 178 valence electrons. The van der Waals surface area contributed by atoms with E-state index in [2.05, 4.69) is 133 Å². The Morgan fingerprint density at radius 3 is 1.76 bits per heavy atom. The maximum absolute atomic E-state index is 6.12. The van der Waals surface area contributed by atoms with Gasteiger partial charge >= 0.3 is 0 Å². The lowest BCUT2D eigenvalue weighted by atomic mass is 9.99. The first-order valence-corrected chi connectivity index (χ1v) is 15.1. The van der Waals surface area contributed by atoms with Gasteiger partial charge in [0.15, 0.2) is 8.07 Å². The van der Waals surface area contributed by atoms with Crippen LogP contribution in [0.2, 0.25) is 0 Å². The van der Waals surface area contributed by atoms with Crippen LogP contribution in [-0.4, -0.2) is 8.07 Å². The molecule has 0 spiro atoms. The van der Waals surface area contributed by atoms with Crippen LogP contribution >= 0.6 is 0 Å². The summed E-state index contributed by atoms with van der Waals surface area (Å²) in [6, 6.07) is 53.4. The first-order chi connectivity index (χ1) is 18.8. The second-order valence-corrected chi connectivity index (χ2v) is 13.8. The van der Waals surface area contributed by atoms with Crippen LogP contribution in [0.1, 0.15) is 0 Å². The predicted octanol–water partition coefficient (Wildman–Crippen LogP) is 6.61. The van der Waals surface area contributed by atoms with Crippen molar-refractivity contribution in [2.45, 2.75) is 0 Å². The summed E-state index contributed by atoms with van der Waals surface area (Å²) < 4.78 is 6.12. The monoisotopic (exact) mass is 500 g/mol. The molecule has 1 aliphatic rings. The van der Waals surface area contributed by atoms with Crippen LogP contribution in [0.4, 0.5) is 0 Å². The van der Waals surface area contributed by atoms with E-state index in [4.69, 9.17) is 4.42 Å². The average Bonchev–Trinajstić information content (AvgIpc) is 3.51. The summed E-state index contributed by atoms with van der Waals surface area (Å²) in [6.07, 6.45) is 0. The van der Waals surface area contributed by atoms with Gasteiger partial charge in [0.25, 0.3) is 0 Å². The van der Waals surface area contributed by atoms with E-state index in [1.54, 1.807) is 0 Å². The van der Waals surface area contributed by atoms with E-state index >= 15 is 0 Å². The summed E-state index contributed by atoms with van der Waals surface area (Å²) >= 11 is 0. The van der Waals surface area contributed by atoms with Crippen molar-refractivity contribution in [3.8, 4) is 22.3 Å². The molecular formula is C36H24OSi. The van der Waals surface area contributed by atoms with E-state index in [1.807, 2.05) is 12.1 Å². The minimum atomic E-state index is -2.49. The molecule has 0 amide bonds. The van der Waals surface area contributed by atoms with Crippen molar-refractivity contribution in [2.75, 3.05) is 0 Å². The normalized spacial score (nSPS) is 13.5. The zero-order valence-electron chi connectivity index (χ0n) is 20.8. The Bertz CT molecular complexity index is 1930. The molecule has 0 radical (unpaired) electrons. The molecule has 8 rings (SSSR count). The summed E-state index contributed by atoms with van der Waals surface area (Å²) in [5.41, 5.74) is 7.05. The van der Waals surface area contributed by atoms with Crippen molar-refractivity contribution < 1.29 is 4.42 Å². The third-order valence-electron chi connectivity index (χ3n) is 8.17. The van der Waals surface area contributed by atoms with E-state index in [9.17, 15) is 0 Å². The van der Waals surface area contributed by atoms with Crippen LogP contribution in [0, 0.1) is 0 Å². The van der Waals surface area contributed by atoms with Crippen molar-refractivity contribution in [1.29, 1.82) is 0 Å². The first-order valence-electron chi connectivity index (χ1n) is 13.1. The van der Waals surface area contributed by atoms with Crippen LogP contribution < -0.4 is 20.7 Å². The molecule has 1 nitrogen and oxygen atoms in total. The molecule has 2 heterocycles. The smallest absolute Gasteiger partial charge is 0.180 e. The van der Waals surface area contributed by atoms with Crippen molar-refractivity contribution >= 4 is 50.8 Å². The molecule has 0 aliphatic carbocycles. The summed E-state index contributed by atoms with van der Waals surface area (Å²) in [4.78, 5) is 0. The SMILES string of the molecule is c1ccc([Si]2(c3ccccc3)c3ccccc3-c3ccc(-c4ccc5oc6ccccc6c5c4)cc32)cc1. The Kier molecular flexibility index (Phi) is 4.61. The zero-order chi connectivity index (χ0) is 25.1. The number of hydrogen-bond donors (Lipinski definition) is 0. The standard InChI is InChI=1S/C36H24OSi/c1-3-11-27(12-4-1)38(28-13-5-2-6-14-28)35-18-10-8-16-30(35)31-21-19-26(24-36(31)38)25-20-22-34-32(23-25)29-15-7-9-17-33(29)37-34/h1-24H. The van der Waals surface area contributed by atoms with Gasteiger partial charge in [0.1, 0.15) is 11.2 Å². The maximum Gasteiger partial charge on any atom is 0.180 e. The lowest BCUT2D eigenvalue weighted by Gasteiger charge is -2.31. The average molecular weight is 501 g/mol. The molecule has 1 aliphatic heterocycles. The molecule has 0 fully saturated rings. The molecule has 0 saturated carbocycles. The van der Waals surface area contributed by atoms with E-state index in [1.165, 1.54) is 43.0 Å². The molecule has 6 aromatic carbocycles. The maximum atomic E-state index is 6.12. The van der Waals surface area contributed by atoms with E-state index < -0.39 is 8.07 Å². The summed E-state index contributed by atoms with van der Waals surface area (Å²) in [5.74, 6) is 0. The Morgan fingerprint density at radius 1 is 0.395 bits per heavy atom. The highest BCUT2D eigenvalue weighted by molar-refractivity contribution is 7.22. The molecule has 0 bridgehead atoms. The van der Waals surface area contributed by atoms with Crippen molar-refractivity contribution in [2.24, 2.45) is 0 Å². The van der Waals surface area contributed by atoms with Gasteiger partial charge in [-0.25, -0.2) is 0 Å². The lowest BCUT2D eigenvalue weighted by Crippen LogP contribution is -2.72. The molecule has 2 heteroatoms. The van der Waals surface area contributed by atoms with Gasteiger partial charge in [0, 0.05) is 10.8 Å². The third kappa shape index (κ3) is 2.92. The number of furan rings is 1. The highest BCUT2D eigenvalue weighted by Crippen LogP contribution is 2.35.